The molecule has 1 aromatic heterocycles. The van der Waals surface area contributed by atoms with Crippen molar-refractivity contribution in [3.63, 3.8) is 0 Å². The molecule has 0 unspecified atom stereocenters. The highest BCUT2D eigenvalue weighted by Crippen LogP contribution is 2.31. The van der Waals surface area contributed by atoms with Gasteiger partial charge in [0.2, 0.25) is 5.76 Å². The summed E-state index contributed by atoms with van der Waals surface area (Å²) in [6, 6.07) is 8.37. The third kappa shape index (κ3) is 4.53. The number of aryl methyl sites for hydroxylation is 1. The number of rotatable bonds is 5. The number of carbonyl (C=O) groups is 1. The van der Waals surface area contributed by atoms with Gasteiger partial charge in [-0.25, -0.2) is 9.78 Å². The molecule has 1 heterocycles. The van der Waals surface area contributed by atoms with E-state index in [0.717, 1.165) is 12.3 Å². The van der Waals surface area contributed by atoms with Crippen molar-refractivity contribution in [2.75, 3.05) is 14.2 Å². The van der Waals surface area contributed by atoms with E-state index >= 15 is 0 Å². The SMILES string of the molecule is COC=C(Oc1cc(-c2cccc(C(F)(F)F)n2)ccc1C)C(=O)OC. The molecule has 0 saturated heterocycles. The van der Waals surface area contributed by atoms with Crippen LogP contribution in [0.5, 0.6) is 5.75 Å². The lowest BCUT2D eigenvalue weighted by atomic mass is 10.1. The maximum absolute atomic E-state index is 12.9. The normalized spacial score (nSPS) is 11.8. The third-order valence-corrected chi connectivity index (χ3v) is 3.35. The fourth-order valence-electron chi connectivity index (χ4n) is 2.06. The van der Waals surface area contributed by atoms with Gasteiger partial charge in [0.05, 0.1) is 19.9 Å². The number of hydrogen-bond acceptors (Lipinski definition) is 5. The van der Waals surface area contributed by atoms with Gasteiger partial charge in [-0.1, -0.05) is 18.2 Å². The average Bonchev–Trinajstić information content (AvgIpc) is 2.61. The van der Waals surface area contributed by atoms with Gasteiger partial charge in [0.25, 0.3) is 0 Å². The van der Waals surface area contributed by atoms with E-state index in [1.54, 1.807) is 19.1 Å². The predicted octanol–water partition coefficient (Wildman–Crippen LogP) is 4.12. The highest BCUT2D eigenvalue weighted by Gasteiger charge is 2.32. The second-order valence-electron chi connectivity index (χ2n) is 5.20. The van der Waals surface area contributed by atoms with Crippen molar-refractivity contribution in [2.45, 2.75) is 13.1 Å². The number of esters is 1. The molecule has 0 saturated carbocycles. The van der Waals surface area contributed by atoms with Crippen LogP contribution in [0.2, 0.25) is 0 Å². The Hall–Kier alpha value is -3.03. The third-order valence-electron chi connectivity index (χ3n) is 3.35. The van der Waals surface area contributed by atoms with Crippen LogP contribution >= 0.6 is 0 Å². The van der Waals surface area contributed by atoms with Crippen LogP contribution in [0, 0.1) is 6.92 Å². The first kappa shape index (κ1) is 19.3. The zero-order chi connectivity index (χ0) is 19.3. The van der Waals surface area contributed by atoms with Gasteiger partial charge in [0.1, 0.15) is 17.7 Å². The minimum absolute atomic E-state index is 0.125. The predicted molar refractivity (Wildman–Crippen MR) is 87.1 cm³/mol. The van der Waals surface area contributed by atoms with Gasteiger partial charge in [0.15, 0.2) is 0 Å². The minimum Gasteiger partial charge on any atom is -0.500 e. The van der Waals surface area contributed by atoms with Crippen LogP contribution in [0.4, 0.5) is 13.2 Å². The highest BCUT2D eigenvalue weighted by molar-refractivity contribution is 5.86. The smallest absolute Gasteiger partial charge is 0.433 e. The number of methoxy groups -OCH3 is 2. The van der Waals surface area contributed by atoms with E-state index in [4.69, 9.17) is 9.47 Å². The lowest BCUT2D eigenvalue weighted by Crippen LogP contribution is -2.12. The molecule has 1 aromatic carbocycles. The molecule has 5 nitrogen and oxygen atoms in total. The largest absolute Gasteiger partial charge is 0.500 e. The van der Waals surface area contributed by atoms with Gasteiger partial charge in [-0.2, -0.15) is 13.2 Å². The second kappa shape index (κ2) is 7.90. The summed E-state index contributed by atoms with van der Waals surface area (Å²) in [6.45, 7) is 1.72. The van der Waals surface area contributed by atoms with Gasteiger partial charge in [-0.15, -0.1) is 0 Å². The molecule has 138 valence electrons. The quantitative estimate of drug-likeness (QED) is 0.452. The van der Waals surface area contributed by atoms with E-state index in [9.17, 15) is 18.0 Å². The molecule has 0 aliphatic rings. The molecule has 0 fully saturated rings. The number of carbonyl (C=O) groups excluding carboxylic acids is 1. The molecule has 0 bridgehead atoms. The fraction of sp³-hybridized carbons (Fsp3) is 0.222. The Bertz CT molecular complexity index is 831. The monoisotopic (exact) mass is 367 g/mol. The molecule has 2 rings (SSSR count). The van der Waals surface area contributed by atoms with Crippen LogP contribution in [0.3, 0.4) is 0 Å². The minimum atomic E-state index is -4.54. The first-order chi connectivity index (χ1) is 12.3. The molecule has 0 aliphatic heterocycles. The Morgan fingerprint density at radius 1 is 1.15 bits per heavy atom. The van der Waals surface area contributed by atoms with Crippen LogP contribution in [-0.4, -0.2) is 25.2 Å². The van der Waals surface area contributed by atoms with Crippen molar-refractivity contribution in [1.82, 2.24) is 4.98 Å². The zero-order valence-electron chi connectivity index (χ0n) is 14.3. The Balaban J connectivity index is 2.41. The van der Waals surface area contributed by atoms with Gasteiger partial charge < -0.3 is 14.2 Å². The molecule has 0 N–H and O–H groups in total. The summed E-state index contributed by atoms with van der Waals surface area (Å²) in [5, 5.41) is 0. The summed E-state index contributed by atoms with van der Waals surface area (Å²) in [7, 11) is 2.52. The maximum atomic E-state index is 12.9. The molecule has 0 atom stereocenters. The van der Waals surface area contributed by atoms with Crippen LogP contribution in [0.1, 0.15) is 11.3 Å². The van der Waals surface area contributed by atoms with Gasteiger partial charge >= 0.3 is 12.1 Å². The van der Waals surface area contributed by atoms with E-state index in [1.165, 1.54) is 32.4 Å². The van der Waals surface area contributed by atoms with Crippen LogP contribution < -0.4 is 4.74 Å². The summed E-state index contributed by atoms with van der Waals surface area (Å²) in [5.74, 6) is -0.698. The molecule has 26 heavy (non-hydrogen) atoms. The lowest BCUT2D eigenvalue weighted by Gasteiger charge is -2.12. The Morgan fingerprint density at radius 3 is 2.50 bits per heavy atom. The Kier molecular flexibility index (Phi) is 5.86. The summed E-state index contributed by atoms with van der Waals surface area (Å²) in [6.07, 6.45) is -3.47. The van der Waals surface area contributed by atoms with Crippen molar-refractivity contribution < 1.29 is 32.2 Å². The number of ether oxygens (including phenoxy) is 3. The maximum Gasteiger partial charge on any atom is 0.433 e. The van der Waals surface area contributed by atoms with Crippen molar-refractivity contribution in [1.29, 1.82) is 0 Å². The van der Waals surface area contributed by atoms with Crippen molar-refractivity contribution in [3.05, 3.63) is 59.7 Å². The first-order valence-electron chi connectivity index (χ1n) is 7.40. The van der Waals surface area contributed by atoms with Crippen molar-refractivity contribution in [2.24, 2.45) is 0 Å². The van der Waals surface area contributed by atoms with E-state index in [0.29, 0.717) is 11.1 Å². The zero-order valence-corrected chi connectivity index (χ0v) is 14.3. The number of benzene rings is 1. The average molecular weight is 367 g/mol. The number of halogens is 3. The number of nitrogens with zero attached hydrogens (tertiary/aromatic N) is 1. The summed E-state index contributed by atoms with van der Waals surface area (Å²) in [4.78, 5) is 15.3. The second-order valence-corrected chi connectivity index (χ2v) is 5.20. The summed E-state index contributed by atoms with van der Waals surface area (Å²) < 4.78 is 53.4. The van der Waals surface area contributed by atoms with E-state index < -0.39 is 17.8 Å². The number of aromatic nitrogens is 1. The fourth-order valence-corrected chi connectivity index (χ4v) is 2.06. The van der Waals surface area contributed by atoms with Crippen LogP contribution in [0.15, 0.2) is 48.4 Å². The molecule has 2 aromatic rings. The van der Waals surface area contributed by atoms with E-state index in [1.807, 2.05) is 0 Å². The van der Waals surface area contributed by atoms with E-state index in [2.05, 4.69) is 9.72 Å². The molecule has 0 aliphatic carbocycles. The van der Waals surface area contributed by atoms with E-state index in [-0.39, 0.29) is 17.2 Å². The highest BCUT2D eigenvalue weighted by atomic mass is 19.4. The van der Waals surface area contributed by atoms with Gasteiger partial charge in [0, 0.05) is 5.56 Å². The van der Waals surface area contributed by atoms with Crippen molar-refractivity contribution >= 4 is 5.97 Å². The number of hydrogen-bond donors (Lipinski definition) is 0. The topological polar surface area (TPSA) is 57.7 Å². The molecule has 0 amide bonds. The van der Waals surface area contributed by atoms with Crippen LogP contribution in [-0.2, 0) is 20.4 Å². The van der Waals surface area contributed by atoms with Crippen LogP contribution in [0.25, 0.3) is 11.3 Å². The standard InChI is InChI=1S/C18H16F3NO4/c1-11-7-8-12(13-5-4-6-16(22-13)18(19,20)21)9-14(11)26-15(10-24-2)17(23)25-3/h4-10H,1-3H3. The molecule has 0 spiro atoms. The molecular formula is C18H16F3NO4. The van der Waals surface area contributed by atoms with Crippen molar-refractivity contribution in [3.8, 4) is 17.0 Å². The molecule has 0 radical (unpaired) electrons. The lowest BCUT2D eigenvalue weighted by molar-refractivity contribution is -0.141. The first-order valence-corrected chi connectivity index (χ1v) is 7.40. The number of alkyl halides is 3. The number of pyridine rings is 1. The Morgan fingerprint density at radius 2 is 1.88 bits per heavy atom. The molecule has 8 heteroatoms. The summed E-state index contributed by atoms with van der Waals surface area (Å²) >= 11 is 0. The van der Waals surface area contributed by atoms with Gasteiger partial charge in [-0.05, 0) is 30.7 Å². The Labute approximate surface area is 148 Å². The summed E-state index contributed by atoms with van der Waals surface area (Å²) in [5.41, 5.74) is 0.192. The van der Waals surface area contributed by atoms with Gasteiger partial charge in [-0.3, -0.25) is 0 Å². The molecular weight excluding hydrogens is 351 g/mol.